The molecule has 0 bridgehead atoms. The number of nitro benzene ring substituents is 1. The number of non-ortho nitro benzene ring substituents is 1. The summed E-state index contributed by atoms with van der Waals surface area (Å²) >= 11 is 0. The summed E-state index contributed by atoms with van der Waals surface area (Å²) in [5.41, 5.74) is 0.0489. The van der Waals surface area contributed by atoms with Gasteiger partial charge < -0.3 is 16.0 Å². The summed E-state index contributed by atoms with van der Waals surface area (Å²) in [4.78, 5) is 34.6. The molecular formula is C17H24N4O4. The van der Waals surface area contributed by atoms with Crippen LogP contribution in [0, 0.1) is 15.5 Å². The monoisotopic (exact) mass is 348 g/mol. The Balaban J connectivity index is 1.88. The first-order chi connectivity index (χ1) is 11.8. The van der Waals surface area contributed by atoms with E-state index in [1.807, 2.05) is 0 Å². The van der Waals surface area contributed by atoms with Gasteiger partial charge in [0.05, 0.1) is 4.92 Å². The molecule has 1 aromatic carbocycles. The van der Waals surface area contributed by atoms with Crippen LogP contribution in [0.4, 0.5) is 5.69 Å². The Hall–Kier alpha value is -2.48. The van der Waals surface area contributed by atoms with E-state index in [9.17, 15) is 19.7 Å². The molecule has 1 aliphatic rings. The normalized spacial score (nSPS) is 17.4. The molecule has 0 saturated carbocycles. The van der Waals surface area contributed by atoms with E-state index in [1.165, 1.54) is 24.3 Å². The summed E-state index contributed by atoms with van der Waals surface area (Å²) in [6, 6.07) is 4.69. The fourth-order valence-corrected chi connectivity index (χ4v) is 2.77. The van der Waals surface area contributed by atoms with Gasteiger partial charge in [0.25, 0.3) is 11.6 Å². The van der Waals surface area contributed by atoms with Crippen LogP contribution in [0.5, 0.6) is 0 Å². The van der Waals surface area contributed by atoms with E-state index < -0.39 is 16.9 Å². The molecule has 0 aliphatic carbocycles. The number of nitrogens with zero attached hydrogens (tertiary/aromatic N) is 1. The first-order valence-electron chi connectivity index (χ1n) is 8.34. The van der Waals surface area contributed by atoms with Crippen LogP contribution in [0.2, 0.25) is 0 Å². The van der Waals surface area contributed by atoms with Gasteiger partial charge in [-0.2, -0.15) is 0 Å². The first-order valence-corrected chi connectivity index (χ1v) is 8.34. The second-order valence-electron chi connectivity index (χ2n) is 6.78. The Morgan fingerprint density at radius 3 is 2.68 bits per heavy atom. The van der Waals surface area contributed by atoms with Gasteiger partial charge in [-0.25, -0.2) is 0 Å². The van der Waals surface area contributed by atoms with Crippen molar-refractivity contribution in [3.63, 3.8) is 0 Å². The predicted octanol–water partition coefficient (Wildman–Crippen LogP) is 1.22. The van der Waals surface area contributed by atoms with Crippen molar-refractivity contribution >= 4 is 17.5 Å². The maximum Gasteiger partial charge on any atom is 0.270 e. The first kappa shape index (κ1) is 18.9. The maximum atomic E-state index is 12.2. The Kier molecular flexibility index (Phi) is 6.08. The fraction of sp³-hybridized carbons (Fsp3) is 0.529. The number of hydrogen-bond donors (Lipinski definition) is 3. The summed E-state index contributed by atoms with van der Waals surface area (Å²) in [5, 5.41) is 19.5. The molecule has 1 aliphatic heterocycles. The molecule has 1 aromatic rings. The van der Waals surface area contributed by atoms with Crippen molar-refractivity contribution in [1.82, 2.24) is 16.0 Å². The zero-order valence-electron chi connectivity index (χ0n) is 14.5. The molecule has 0 spiro atoms. The summed E-state index contributed by atoms with van der Waals surface area (Å²) in [7, 11) is 0. The zero-order chi connectivity index (χ0) is 18.4. The summed E-state index contributed by atoms with van der Waals surface area (Å²) in [6.07, 6.45) is 1.98. The third-order valence-corrected chi connectivity index (χ3v) is 4.56. The topological polar surface area (TPSA) is 113 Å². The minimum atomic E-state index is -0.725. The zero-order valence-corrected chi connectivity index (χ0v) is 14.5. The Labute approximate surface area is 146 Å². The third-order valence-electron chi connectivity index (χ3n) is 4.56. The van der Waals surface area contributed by atoms with Gasteiger partial charge >= 0.3 is 0 Å². The maximum absolute atomic E-state index is 12.2. The molecule has 1 fully saturated rings. The molecule has 2 rings (SSSR count). The van der Waals surface area contributed by atoms with Crippen molar-refractivity contribution in [3.05, 3.63) is 39.9 Å². The highest BCUT2D eigenvalue weighted by molar-refractivity contribution is 5.97. The molecule has 3 N–H and O–H groups in total. The van der Waals surface area contributed by atoms with Gasteiger partial charge in [-0.15, -0.1) is 0 Å². The minimum Gasteiger partial charge on any atom is -0.354 e. The Morgan fingerprint density at radius 2 is 2.04 bits per heavy atom. The minimum absolute atomic E-state index is 0.0602. The molecule has 1 unspecified atom stereocenters. The summed E-state index contributed by atoms with van der Waals surface area (Å²) < 4.78 is 0. The van der Waals surface area contributed by atoms with Crippen LogP contribution in [0.25, 0.3) is 0 Å². The second-order valence-corrected chi connectivity index (χ2v) is 6.78. The van der Waals surface area contributed by atoms with E-state index in [1.54, 1.807) is 6.92 Å². The second kappa shape index (κ2) is 8.06. The molecule has 1 atom stereocenters. The third kappa shape index (κ3) is 5.25. The number of nitrogens with one attached hydrogen (secondary N) is 3. The fourth-order valence-electron chi connectivity index (χ4n) is 2.77. The molecule has 1 saturated heterocycles. The number of carbonyl (C=O) groups excluding carboxylic acids is 2. The van der Waals surface area contributed by atoms with Crippen molar-refractivity contribution in [2.75, 3.05) is 19.6 Å². The van der Waals surface area contributed by atoms with Crippen molar-refractivity contribution in [1.29, 1.82) is 0 Å². The summed E-state index contributed by atoms with van der Waals surface area (Å²) in [6.45, 7) is 6.16. The predicted molar refractivity (Wildman–Crippen MR) is 93.2 cm³/mol. The molecule has 2 amide bonds. The standard InChI is InChI=1S/C17H24N4O4/c1-12(15(22)19-11-17(2)6-8-18-9-7-17)20-16(23)13-4-3-5-14(10-13)21(24)25/h3-5,10,12,18H,6-9,11H2,1-2H3,(H,19,22)(H,20,23). The molecule has 8 nitrogen and oxygen atoms in total. The van der Waals surface area contributed by atoms with Gasteiger partial charge in [-0.1, -0.05) is 13.0 Å². The molecule has 1 heterocycles. The van der Waals surface area contributed by atoms with E-state index in [4.69, 9.17) is 0 Å². The van der Waals surface area contributed by atoms with E-state index >= 15 is 0 Å². The Morgan fingerprint density at radius 1 is 1.36 bits per heavy atom. The lowest BCUT2D eigenvalue weighted by atomic mass is 9.81. The summed E-state index contributed by atoms with van der Waals surface area (Å²) in [5.74, 6) is -0.780. The van der Waals surface area contributed by atoms with Gasteiger partial charge in [0.2, 0.25) is 5.91 Å². The number of amides is 2. The largest absolute Gasteiger partial charge is 0.354 e. The molecular weight excluding hydrogens is 324 g/mol. The molecule has 136 valence electrons. The average Bonchev–Trinajstić information content (AvgIpc) is 2.60. The van der Waals surface area contributed by atoms with Crippen molar-refractivity contribution in [2.45, 2.75) is 32.7 Å². The SMILES string of the molecule is CC(NC(=O)c1cccc([N+](=O)[O-])c1)C(=O)NCC1(C)CCNCC1. The lowest BCUT2D eigenvalue weighted by Crippen LogP contribution is -2.49. The van der Waals surface area contributed by atoms with Gasteiger partial charge in [-0.05, 0) is 44.3 Å². The Bertz CT molecular complexity index is 656. The number of rotatable bonds is 6. The van der Waals surface area contributed by atoms with Crippen LogP contribution in [0.1, 0.15) is 37.0 Å². The van der Waals surface area contributed by atoms with Crippen molar-refractivity contribution < 1.29 is 14.5 Å². The van der Waals surface area contributed by atoms with Gasteiger partial charge in [0.1, 0.15) is 6.04 Å². The number of hydrogen-bond acceptors (Lipinski definition) is 5. The van der Waals surface area contributed by atoms with E-state index in [-0.39, 0.29) is 22.6 Å². The quantitative estimate of drug-likeness (QED) is 0.528. The molecule has 25 heavy (non-hydrogen) atoms. The van der Waals surface area contributed by atoms with Gasteiger partial charge in [0, 0.05) is 24.2 Å². The molecule has 8 heteroatoms. The number of piperidine rings is 1. The van der Waals surface area contributed by atoms with Crippen LogP contribution < -0.4 is 16.0 Å². The van der Waals surface area contributed by atoms with E-state index in [0.29, 0.717) is 6.54 Å². The van der Waals surface area contributed by atoms with Crippen LogP contribution in [-0.4, -0.2) is 42.4 Å². The highest BCUT2D eigenvalue weighted by atomic mass is 16.6. The van der Waals surface area contributed by atoms with Crippen molar-refractivity contribution in [2.24, 2.45) is 5.41 Å². The average molecular weight is 348 g/mol. The molecule has 0 radical (unpaired) electrons. The van der Waals surface area contributed by atoms with E-state index in [2.05, 4.69) is 22.9 Å². The lowest BCUT2D eigenvalue weighted by Gasteiger charge is -2.34. The lowest BCUT2D eigenvalue weighted by molar-refractivity contribution is -0.384. The van der Waals surface area contributed by atoms with Gasteiger partial charge in [-0.3, -0.25) is 19.7 Å². The van der Waals surface area contributed by atoms with Crippen LogP contribution in [-0.2, 0) is 4.79 Å². The van der Waals surface area contributed by atoms with Gasteiger partial charge in [0.15, 0.2) is 0 Å². The van der Waals surface area contributed by atoms with Crippen LogP contribution in [0.15, 0.2) is 24.3 Å². The van der Waals surface area contributed by atoms with E-state index in [0.717, 1.165) is 25.9 Å². The number of benzene rings is 1. The van der Waals surface area contributed by atoms with Crippen LogP contribution >= 0.6 is 0 Å². The van der Waals surface area contributed by atoms with Crippen molar-refractivity contribution in [3.8, 4) is 0 Å². The number of nitro groups is 1. The molecule has 0 aromatic heterocycles. The highest BCUT2D eigenvalue weighted by Gasteiger charge is 2.28. The number of carbonyl (C=O) groups is 2. The smallest absolute Gasteiger partial charge is 0.270 e. The van der Waals surface area contributed by atoms with Crippen LogP contribution in [0.3, 0.4) is 0 Å². The highest BCUT2D eigenvalue weighted by Crippen LogP contribution is 2.26.